The van der Waals surface area contributed by atoms with Gasteiger partial charge in [0.25, 0.3) is 0 Å². The topological polar surface area (TPSA) is 9.23 Å². The molecule has 0 bridgehead atoms. The van der Waals surface area contributed by atoms with E-state index in [1.807, 2.05) is 0 Å². The van der Waals surface area contributed by atoms with Crippen molar-refractivity contribution in [3.05, 3.63) is 23.8 Å². The molecule has 1 heteroatoms. The predicted molar refractivity (Wildman–Crippen MR) is 43.0 cm³/mol. The second-order valence-electron chi connectivity index (χ2n) is 2.50. The summed E-state index contributed by atoms with van der Waals surface area (Å²) in [5.41, 5.74) is 1.42. The molecule has 56 valence electrons. The number of methoxy groups -OCH3 is 1. The van der Waals surface area contributed by atoms with E-state index in [-0.39, 0.29) is 0 Å². The predicted octanol–water partition coefficient (Wildman–Crippen LogP) is 2.30. The molecule has 1 aliphatic rings. The zero-order chi connectivity index (χ0) is 7.23. The zero-order valence-electron chi connectivity index (χ0n) is 6.47. The molecule has 0 saturated heterocycles. The lowest BCUT2D eigenvalue weighted by Gasteiger charge is -2.04. The number of hydrogen-bond donors (Lipinski definition) is 0. The van der Waals surface area contributed by atoms with Gasteiger partial charge in [0.15, 0.2) is 0 Å². The summed E-state index contributed by atoms with van der Waals surface area (Å²) in [5.74, 6) is 0. The van der Waals surface area contributed by atoms with E-state index in [0.717, 1.165) is 13.0 Å². The normalized spacial score (nSPS) is 17.1. The van der Waals surface area contributed by atoms with Crippen LogP contribution in [0.15, 0.2) is 23.8 Å². The molecule has 10 heavy (non-hydrogen) atoms. The van der Waals surface area contributed by atoms with Gasteiger partial charge in [0.1, 0.15) is 0 Å². The van der Waals surface area contributed by atoms with Crippen LogP contribution in [0.2, 0.25) is 0 Å². The molecular formula is C9H14O. The molecule has 0 aromatic heterocycles. The molecule has 0 spiro atoms. The van der Waals surface area contributed by atoms with Gasteiger partial charge in [0.05, 0.1) is 6.61 Å². The first-order valence-electron chi connectivity index (χ1n) is 3.78. The van der Waals surface area contributed by atoms with E-state index in [4.69, 9.17) is 4.74 Å². The Hall–Kier alpha value is -0.560. The zero-order valence-corrected chi connectivity index (χ0v) is 6.47. The van der Waals surface area contributed by atoms with Crippen LogP contribution < -0.4 is 0 Å². The van der Waals surface area contributed by atoms with Crippen molar-refractivity contribution >= 4 is 0 Å². The maximum absolute atomic E-state index is 4.97. The van der Waals surface area contributed by atoms with Gasteiger partial charge < -0.3 is 4.74 Å². The van der Waals surface area contributed by atoms with Gasteiger partial charge in [-0.2, -0.15) is 0 Å². The van der Waals surface area contributed by atoms with Gasteiger partial charge in [0.2, 0.25) is 0 Å². The third kappa shape index (κ3) is 2.36. The van der Waals surface area contributed by atoms with Crippen molar-refractivity contribution < 1.29 is 4.74 Å². The van der Waals surface area contributed by atoms with Crippen molar-refractivity contribution in [3.63, 3.8) is 0 Å². The SMILES string of the molecule is COCCC1=CCCC=C1. The third-order valence-corrected chi connectivity index (χ3v) is 1.67. The lowest BCUT2D eigenvalue weighted by molar-refractivity contribution is 0.202. The molecule has 0 unspecified atom stereocenters. The fraction of sp³-hybridized carbons (Fsp3) is 0.556. The van der Waals surface area contributed by atoms with E-state index in [1.165, 1.54) is 18.4 Å². The second kappa shape index (κ2) is 4.29. The molecule has 1 nitrogen and oxygen atoms in total. The molecule has 0 saturated carbocycles. The second-order valence-corrected chi connectivity index (χ2v) is 2.50. The quantitative estimate of drug-likeness (QED) is 0.581. The van der Waals surface area contributed by atoms with Crippen molar-refractivity contribution in [3.8, 4) is 0 Å². The van der Waals surface area contributed by atoms with E-state index in [0.29, 0.717) is 0 Å². The van der Waals surface area contributed by atoms with Crippen LogP contribution >= 0.6 is 0 Å². The standard InChI is InChI=1S/C9H14O/c1-10-8-7-9-5-3-2-4-6-9/h3,5-6H,2,4,7-8H2,1H3. The van der Waals surface area contributed by atoms with Gasteiger partial charge in [-0.25, -0.2) is 0 Å². The van der Waals surface area contributed by atoms with E-state index < -0.39 is 0 Å². The van der Waals surface area contributed by atoms with Gasteiger partial charge in [-0.05, 0) is 19.3 Å². The fourth-order valence-corrected chi connectivity index (χ4v) is 1.07. The van der Waals surface area contributed by atoms with Gasteiger partial charge in [-0.1, -0.05) is 23.8 Å². The number of rotatable bonds is 3. The smallest absolute Gasteiger partial charge is 0.0502 e. The van der Waals surface area contributed by atoms with Crippen LogP contribution in [0.3, 0.4) is 0 Å². The molecule has 1 aliphatic carbocycles. The average molecular weight is 138 g/mol. The van der Waals surface area contributed by atoms with Crippen LogP contribution in [0, 0.1) is 0 Å². The Labute approximate surface area is 62.4 Å². The Balaban J connectivity index is 2.26. The highest BCUT2D eigenvalue weighted by Crippen LogP contribution is 2.12. The highest BCUT2D eigenvalue weighted by atomic mass is 16.5. The largest absolute Gasteiger partial charge is 0.384 e. The van der Waals surface area contributed by atoms with E-state index >= 15 is 0 Å². The van der Waals surface area contributed by atoms with Gasteiger partial charge in [-0.15, -0.1) is 0 Å². The van der Waals surface area contributed by atoms with Crippen molar-refractivity contribution in [1.29, 1.82) is 0 Å². The molecule has 0 heterocycles. The summed E-state index contributed by atoms with van der Waals surface area (Å²) in [5, 5.41) is 0. The summed E-state index contributed by atoms with van der Waals surface area (Å²) in [7, 11) is 1.74. The summed E-state index contributed by atoms with van der Waals surface area (Å²) in [6, 6.07) is 0. The summed E-state index contributed by atoms with van der Waals surface area (Å²) in [4.78, 5) is 0. The van der Waals surface area contributed by atoms with Crippen molar-refractivity contribution in [2.45, 2.75) is 19.3 Å². The Bertz CT molecular complexity index is 145. The van der Waals surface area contributed by atoms with Crippen molar-refractivity contribution in [1.82, 2.24) is 0 Å². The first-order valence-corrected chi connectivity index (χ1v) is 3.78. The molecule has 0 aliphatic heterocycles. The minimum atomic E-state index is 0.843. The Morgan fingerprint density at radius 1 is 1.50 bits per heavy atom. The van der Waals surface area contributed by atoms with Crippen LogP contribution in [-0.4, -0.2) is 13.7 Å². The molecule has 0 aromatic carbocycles. The Kier molecular flexibility index (Phi) is 3.23. The molecule has 0 fully saturated rings. The molecule has 0 atom stereocenters. The third-order valence-electron chi connectivity index (χ3n) is 1.67. The van der Waals surface area contributed by atoms with Crippen LogP contribution in [0.1, 0.15) is 19.3 Å². The van der Waals surface area contributed by atoms with Gasteiger partial charge >= 0.3 is 0 Å². The van der Waals surface area contributed by atoms with Crippen molar-refractivity contribution in [2.24, 2.45) is 0 Å². The molecule has 0 radical (unpaired) electrons. The lowest BCUT2D eigenvalue weighted by atomic mass is 10.1. The Morgan fingerprint density at radius 2 is 2.40 bits per heavy atom. The lowest BCUT2D eigenvalue weighted by Crippen LogP contribution is -1.92. The highest BCUT2D eigenvalue weighted by molar-refractivity contribution is 5.21. The minimum absolute atomic E-state index is 0.843. The molecular weight excluding hydrogens is 124 g/mol. The van der Waals surface area contributed by atoms with Crippen LogP contribution in [0.5, 0.6) is 0 Å². The minimum Gasteiger partial charge on any atom is -0.384 e. The number of hydrogen-bond acceptors (Lipinski definition) is 1. The molecule has 0 N–H and O–H groups in total. The monoisotopic (exact) mass is 138 g/mol. The first kappa shape index (κ1) is 7.55. The Morgan fingerprint density at radius 3 is 3.00 bits per heavy atom. The average Bonchev–Trinajstić information content (AvgIpc) is 2.03. The maximum atomic E-state index is 4.97. The molecule has 0 aromatic rings. The summed E-state index contributed by atoms with van der Waals surface area (Å²) in [6.07, 6.45) is 10.2. The van der Waals surface area contributed by atoms with Crippen LogP contribution in [-0.2, 0) is 4.74 Å². The van der Waals surface area contributed by atoms with E-state index in [9.17, 15) is 0 Å². The summed E-state index contributed by atoms with van der Waals surface area (Å²) < 4.78 is 4.97. The van der Waals surface area contributed by atoms with E-state index in [2.05, 4.69) is 18.2 Å². The van der Waals surface area contributed by atoms with Crippen LogP contribution in [0.25, 0.3) is 0 Å². The summed E-state index contributed by atoms with van der Waals surface area (Å²) in [6.45, 7) is 0.843. The fourth-order valence-electron chi connectivity index (χ4n) is 1.07. The summed E-state index contributed by atoms with van der Waals surface area (Å²) >= 11 is 0. The van der Waals surface area contributed by atoms with Gasteiger partial charge in [0, 0.05) is 7.11 Å². The van der Waals surface area contributed by atoms with Crippen LogP contribution in [0.4, 0.5) is 0 Å². The number of allylic oxidation sites excluding steroid dienone is 3. The first-order chi connectivity index (χ1) is 4.93. The molecule has 1 rings (SSSR count). The van der Waals surface area contributed by atoms with Gasteiger partial charge in [-0.3, -0.25) is 0 Å². The maximum Gasteiger partial charge on any atom is 0.0502 e. The van der Waals surface area contributed by atoms with Crippen molar-refractivity contribution in [2.75, 3.05) is 13.7 Å². The van der Waals surface area contributed by atoms with E-state index in [1.54, 1.807) is 7.11 Å². The number of ether oxygens (including phenoxy) is 1. The molecule has 0 amide bonds. The highest BCUT2D eigenvalue weighted by Gasteiger charge is 1.95.